The first-order chi connectivity index (χ1) is 13.1. The van der Waals surface area contributed by atoms with Gasteiger partial charge in [-0.1, -0.05) is 20.8 Å². The Bertz CT molecular complexity index is 681. The van der Waals surface area contributed by atoms with Crippen LogP contribution in [0.3, 0.4) is 0 Å². The molecule has 3 heterocycles. The molecule has 1 aromatic heterocycles. The lowest BCUT2D eigenvalue weighted by Crippen LogP contribution is -2.62. The van der Waals surface area contributed by atoms with Gasteiger partial charge in [-0.25, -0.2) is 0 Å². The molecule has 28 heavy (non-hydrogen) atoms. The average Bonchev–Trinajstić information content (AvgIpc) is 2.75. The van der Waals surface area contributed by atoms with Crippen LogP contribution in [0.15, 0.2) is 12.1 Å². The van der Waals surface area contributed by atoms with Crippen LogP contribution in [0.25, 0.3) is 0 Å². The minimum atomic E-state index is -0.828. The highest BCUT2D eigenvalue weighted by molar-refractivity contribution is 5.73. The van der Waals surface area contributed by atoms with Gasteiger partial charge in [-0.05, 0) is 38.4 Å². The topological polar surface area (TPSA) is 72.8 Å². The van der Waals surface area contributed by atoms with E-state index in [1.54, 1.807) is 11.8 Å². The summed E-state index contributed by atoms with van der Waals surface area (Å²) in [6.07, 6.45) is 2.67. The highest BCUT2D eigenvalue weighted by Gasteiger charge is 2.38. The van der Waals surface area contributed by atoms with E-state index < -0.39 is 5.60 Å². The van der Waals surface area contributed by atoms with Crippen LogP contribution in [0.4, 0.5) is 5.82 Å². The van der Waals surface area contributed by atoms with Crippen molar-refractivity contribution in [3.8, 4) is 0 Å². The summed E-state index contributed by atoms with van der Waals surface area (Å²) < 4.78 is 0. The molecule has 2 aliphatic rings. The number of rotatable bonds is 4. The van der Waals surface area contributed by atoms with Crippen molar-refractivity contribution in [1.29, 1.82) is 0 Å². The average molecular weight is 390 g/mol. The molecule has 0 bridgehead atoms. The third-order valence-electron chi connectivity index (χ3n) is 6.02. The molecule has 3 rings (SSSR count). The molecule has 156 valence electrons. The predicted molar refractivity (Wildman–Crippen MR) is 110 cm³/mol. The largest absolute Gasteiger partial charge is 0.387 e. The normalized spacial score (nSPS) is 24.2. The summed E-state index contributed by atoms with van der Waals surface area (Å²) in [5, 5.41) is 19.9. The van der Waals surface area contributed by atoms with Gasteiger partial charge < -0.3 is 14.9 Å². The molecule has 1 amide bonds. The zero-order chi connectivity index (χ0) is 20.5. The van der Waals surface area contributed by atoms with Crippen LogP contribution in [-0.4, -0.2) is 82.4 Å². The van der Waals surface area contributed by atoms with Crippen molar-refractivity contribution in [2.24, 2.45) is 0 Å². The maximum Gasteiger partial charge on any atom is 0.219 e. The highest BCUT2D eigenvalue weighted by atomic mass is 16.3. The van der Waals surface area contributed by atoms with Gasteiger partial charge in [-0.2, -0.15) is 5.10 Å². The minimum absolute atomic E-state index is 0.00510. The fourth-order valence-corrected chi connectivity index (χ4v) is 4.08. The molecule has 1 N–H and O–H groups in total. The quantitative estimate of drug-likeness (QED) is 0.844. The number of likely N-dealkylation sites (N-methyl/N-ethyl adjacent to an activating group) is 1. The van der Waals surface area contributed by atoms with Crippen LogP contribution in [0.1, 0.15) is 52.7 Å². The summed E-state index contributed by atoms with van der Waals surface area (Å²) in [5.74, 6) is 0.962. The zero-order valence-corrected chi connectivity index (χ0v) is 18.0. The number of aromatic nitrogens is 2. The number of amides is 1. The first kappa shape index (κ1) is 21.0. The number of aliphatic hydroxyl groups is 1. The first-order valence-electron chi connectivity index (χ1n) is 10.3. The van der Waals surface area contributed by atoms with Crippen molar-refractivity contribution in [2.75, 3.05) is 44.7 Å². The molecule has 2 saturated heterocycles. The van der Waals surface area contributed by atoms with Gasteiger partial charge in [0.25, 0.3) is 0 Å². The zero-order valence-electron chi connectivity index (χ0n) is 18.0. The first-order valence-corrected chi connectivity index (χ1v) is 10.3. The maximum atomic E-state index is 11.8. The molecule has 0 aliphatic carbocycles. The Labute approximate surface area is 168 Å². The molecule has 7 heteroatoms. The van der Waals surface area contributed by atoms with Crippen molar-refractivity contribution in [1.82, 2.24) is 20.0 Å². The number of carbonyl (C=O) groups excluding carboxylic acids is 1. The summed E-state index contributed by atoms with van der Waals surface area (Å²) in [6, 6.07) is 4.49. The van der Waals surface area contributed by atoms with Gasteiger partial charge in [0, 0.05) is 44.6 Å². The fraction of sp³-hybridized carbons (Fsp3) is 0.762. The molecule has 7 nitrogen and oxygen atoms in total. The monoisotopic (exact) mass is 389 g/mol. The van der Waals surface area contributed by atoms with E-state index >= 15 is 0 Å². The van der Waals surface area contributed by atoms with E-state index in [0.717, 1.165) is 50.4 Å². The van der Waals surface area contributed by atoms with Crippen molar-refractivity contribution in [2.45, 2.75) is 64.0 Å². The molecule has 0 radical (unpaired) electrons. The Morgan fingerprint density at radius 1 is 1.29 bits per heavy atom. The summed E-state index contributed by atoms with van der Waals surface area (Å²) in [4.78, 5) is 18.0. The molecule has 2 fully saturated rings. The van der Waals surface area contributed by atoms with Crippen molar-refractivity contribution in [3.05, 3.63) is 17.8 Å². The number of carbonyl (C=O) groups is 1. The number of nitrogens with zero attached hydrogens (tertiary/aromatic N) is 5. The second-order valence-electron chi connectivity index (χ2n) is 9.62. The van der Waals surface area contributed by atoms with Crippen molar-refractivity contribution < 1.29 is 9.90 Å². The van der Waals surface area contributed by atoms with Gasteiger partial charge in [0.1, 0.15) is 0 Å². The number of hydrogen-bond donors (Lipinski definition) is 1. The third kappa shape index (κ3) is 4.81. The van der Waals surface area contributed by atoms with Gasteiger partial charge in [-0.15, -0.1) is 5.10 Å². The molecule has 0 spiro atoms. The van der Waals surface area contributed by atoms with Crippen molar-refractivity contribution >= 4 is 11.7 Å². The number of β-amino-alcohol motifs (C(OH)–C–C–N with tert-alkyl or cyclic N) is 1. The summed E-state index contributed by atoms with van der Waals surface area (Å²) >= 11 is 0. The van der Waals surface area contributed by atoms with E-state index in [0.29, 0.717) is 19.1 Å². The number of hydrogen-bond acceptors (Lipinski definition) is 6. The van der Waals surface area contributed by atoms with Crippen LogP contribution >= 0.6 is 0 Å². The van der Waals surface area contributed by atoms with Gasteiger partial charge in [0.05, 0.1) is 17.8 Å². The smallest absolute Gasteiger partial charge is 0.219 e. The molecule has 2 aliphatic heterocycles. The molecule has 1 unspecified atom stereocenters. The molecule has 0 saturated carbocycles. The maximum absolute atomic E-state index is 11.8. The standard InChI is InChI=1S/C21H35N5O2/c1-16(27)25-11-7-6-10-21(28,15-25)14-24(5)17-12-26(13-17)19-9-8-18(22-23-19)20(2,3)4/h8-9,17,28H,6-7,10-15H2,1-5H3. The van der Waals surface area contributed by atoms with Crippen molar-refractivity contribution in [3.63, 3.8) is 0 Å². The van der Waals surface area contributed by atoms with Gasteiger partial charge in [-0.3, -0.25) is 9.69 Å². The number of anilines is 1. The Morgan fingerprint density at radius 2 is 2.00 bits per heavy atom. The Kier molecular flexibility index (Phi) is 5.96. The number of likely N-dealkylation sites (tertiary alicyclic amines) is 1. The summed E-state index contributed by atoms with van der Waals surface area (Å²) in [5.41, 5.74) is 0.174. The lowest BCUT2D eigenvalue weighted by atomic mass is 9.92. The van der Waals surface area contributed by atoms with Crippen LogP contribution in [0, 0.1) is 0 Å². The Morgan fingerprint density at radius 3 is 2.57 bits per heavy atom. The summed E-state index contributed by atoms with van der Waals surface area (Å²) in [7, 11) is 2.07. The fourth-order valence-electron chi connectivity index (χ4n) is 4.08. The van der Waals surface area contributed by atoms with Crippen LogP contribution < -0.4 is 4.90 Å². The van der Waals surface area contributed by atoms with Gasteiger partial charge in [0.2, 0.25) is 5.91 Å². The third-order valence-corrected chi connectivity index (χ3v) is 6.02. The SMILES string of the molecule is CC(=O)N1CCCCC(O)(CN(C)C2CN(c3ccc(C(C)(C)C)nn3)C2)C1. The van der Waals surface area contributed by atoms with E-state index in [9.17, 15) is 9.90 Å². The highest BCUT2D eigenvalue weighted by Crippen LogP contribution is 2.27. The van der Waals surface area contributed by atoms with Crippen LogP contribution in [0.5, 0.6) is 0 Å². The Hall–Kier alpha value is -1.73. The van der Waals surface area contributed by atoms with E-state index in [-0.39, 0.29) is 11.3 Å². The van der Waals surface area contributed by atoms with E-state index in [4.69, 9.17) is 0 Å². The van der Waals surface area contributed by atoms with Crippen LogP contribution in [0.2, 0.25) is 0 Å². The van der Waals surface area contributed by atoms with E-state index in [1.807, 2.05) is 6.07 Å². The van der Waals surface area contributed by atoms with E-state index in [1.165, 1.54) is 0 Å². The molecular weight excluding hydrogens is 354 g/mol. The molecule has 1 aromatic rings. The lowest BCUT2D eigenvalue weighted by molar-refractivity contribution is -0.132. The molecule has 1 atom stereocenters. The van der Waals surface area contributed by atoms with E-state index in [2.05, 4.69) is 53.9 Å². The predicted octanol–water partition coefficient (Wildman–Crippen LogP) is 1.66. The summed E-state index contributed by atoms with van der Waals surface area (Å²) in [6.45, 7) is 11.5. The van der Waals surface area contributed by atoms with Crippen LogP contribution in [-0.2, 0) is 10.2 Å². The second kappa shape index (κ2) is 7.95. The lowest BCUT2D eigenvalue weighted by Gasteiger charge is -2.46. The minimum Gasteiger partial charge on any atom is -0.387 e. The van der Waals surface area contributed by atoms with Gasteiger partial charge in [0.15, 0.2) is 5.82 Å². The molecule has 0 aromatic carbocycles. The van der Waals surface area contributed by atoms with Gasteiger partial charge >= 0.3 is 0 Å². The Balaban J connectivity index is 1.54. The second-order valence-corrected chi connectivity index (χ2v) is 9.62. The molecular formula is C21H35N5O2.